The molecule has 3 rings (SSSR count). The third-order valence-electron chi connectivity index (χ3n) is 4.46. The quantitative estimate of drug-likeness (QED) is 0.933. The average molecular weight is 326 g/mol. The molecule has 126 valence electrons. The monoisotopic (exact) mass is 326 g/mol. The fourth-order valence-corrected chi connectivity index (χ4v) is 3.18. The second-order valence-electron chi connectivity index (χ2n) is 6.33. The number of nitrogens with two attached hydrogens (primary N) is 1. The van der Waals surface area contributed by atoms with E-state index in [-0.39, 0.29) is 11.9 Å². The van der Waals surface area contributed by atoms with Gasteiger partial charge in [-0.05, 0) is 56.0 Å². The molecule has 0 spiro atoms. The number of likely N-dealkylation sites (tertiary alicyclic amines) is 1. The van der Waals surface area contributed by atoms with Crippen LogP contribution < -0.4 is 5.73 Å². The lowest BCUT2D eigenvalue weighted by Crippen LogP contribution is -2.45. The minimum absolute atomic E-state index is 0.000372. The third kappa shape index (κ3) is 3.48. The zero-order chi connectivity index (χ0) is 17.1. The first-order valence-electron chi connectivity index (χ1n) is 8.24. The molecular formula is C18H22N4O2. The van der Waals surface area contributed by atoms with Gasteiger partial charge in [0.25, 0.3) is 5.91 Å². The Hall–Kier alpha value is -2.63. The van der Waals surface area contributed by atoms with Gasteiger partial charge in [0.1, 0.15) is 0 Å². The highest BCUT2D eigenvalue weighted by atomic mass is 16.2. The number of amides is 2. The Morgan fingerprint density at radius 2 is 1.92 bits per heavy atom. The highest BCUT2D eigenvalue weighted by Gasteiger charge is 2.28. The van der Waals surface area contributed by atoms with Gasteiger partial charge in [-0.3, -0.25) is 14.3 Å². The molecule has 2 N–H and O–H groups in total. The molecule has 6 nitrogen and oxygen atoms in total. The molecular weight excluding hydrogens is 304 g/mol. The fraction of sp³-hybridized carbons (Fsp3) is 0.389. The van der Waals surface area contributed by atoms with Gasteiger partial charge >= 0.3 is 0 Å². The summed E-state index contributed by atoms with van der Waals surface area (Å²) in [5.74, 6) is -0.488. The van der Waals surface area contributed by atoms with Crippen LogP contribution in [0.3, 0.4) is 0 Å². The van der Waals surface area contributed by atoms with Crippen LogP contribution in [0.2, 0.25) is 0 Å². The molecule has 1 saturated heterocycles. The molecule has 1 aromatic heterocycles. The second-order valence-corrected chi connectivity index (χ2v) is 6.33. The first-order chi connectivity index (χ1) is 11.5. The van der Waals surface area contributed by atoms with Crippen LogP contribution in [0.4, 0.5) is 0 Å². The number of piperidine rings is 1. The van der Waals surface area contributed by atoms with Crippen LogP contribution in [0.5, 0.6) is 0 Å². The molecule has 1 fully saturated rings. The number of aryl methyl sites for hydroxylation is 1. The predicted molar refractivity (Wildman–Crippen MR) is 90.6 cm³/mol. The summed E-state index contributed by atoms with van der Waals surface area (Å²) < 4.78 is 1.90. The number of carbonyl (C=O) groups is 2. The summed E-state index contributed by atoms with van der Waals surface area (Å²) in [6.07, 6.45) is 6.94. The first kappa shape index (κ1) is 16.2. The van der Waals surface area contributed by atoms with Crippen molar-refractivity contribution in [3.05, 3.63) is 53.3 Å². The zero-order valence-electron chi connectivity index (χ0n) is 13.8. The zero-order valence-corrected chi connectivity index (χ0v) is 13.8. The van der Waals surface area contributed by atoms with Crippen molar-refractivity contribution in [2.45, 2.75) is 38.8 Å². The van der Waals surface area contributed by atoms with E-state index in [1.807, 2.05) is 28.9 Å². The summed E-state index contributed by atoms with van der Waals surface area (Å²) in [7, 11) is 0. The van der Waals surface area contributed by atoms with Crippen molar-refractivity contribution in [3.63, 3.8) is 0 Å². The van der Waals surface area contributed by atoms with Crippen molar-refractivity contribution < 1.29 is 9.59 Å². The van der Waals surface area contributed by atoms with E-state index in [0.29, 0.717) is 17.7 Å². The SMILES string of the molecule is Cc1cnn(C[C@H]2CCCCN2C(=O)c2ccc(C(N)=O)cc2)c1. The van der Waals surface area contributed by atoms with Crippen LogP contribution in [-0.4, -0.2) is 39.1 Å². The van der Waals surface area contributed by atoms with E-state index in [4.69, 9.17) is 5.73 Å². The van der Waals surface area contributed by atoms with E-state index in [0.717, 1.165) is 31.4 Å². The number of nitrogens with zero attached hydrogens (tertiary/aromatic N) is 3. The number of primary amides is 1. The summed E-state index contributed by atoms with van der Waals surface area (Å²) in [5.41, 5.74) is 7.36. The molecule has 0 saturated carbocycles. The summed E-state index contributed by atoms with van der Waals surface area (Å²) >= 11 is 0. The fourth-order valence-electron chi connectivity index (χ4n) is 3.18. The molecule has 6 heteroatoms. The lowest BCUT2D eigenvalue weighted by Gasteiger charge is -2.35. The smallest absolute Gasteiger partial charge is 0.254 e. The number of rotatable bonds is 4. The highest BCUT2D eigenvalue weighted by Crippen LogP contribution is 2.21. The lowest BCUT2D eigenvalue weighted by atomic mass is 10.0. The van der Waals surface area contributed by atoms with Gasteiger partial charge in [0.05, 0.1) is 18.8 Å². The largest absolute Gasteiger partial charge is 0.366 e. The Bertz CT molecular complexity index is 736. The van der Waals surface area contributed by atoms with Gasteiger partial charge < -0.3 is 10.6 Å². The third-order valence-corrected chi connectivity index (χ3v) is 4.46. The first-order valence-corrected chi connectivity index (χ1v) is 8.24. The van der Waals surface area contributed by atoms with Crippen LogP contribution in [-0.2, 0) is 6.54 Å². The summed E-state index contributed by atoms with van der Waals surface area (Å²) in [6.45, 7) is 3.47. The number of hydrogen-bond donors (Lipinski definition) is 1. The van der Waals surface area contributed by atoms with E-state index in [9.17, 15) is 9.59 Å². The van der Waals surface area contributed by atoms with E-state index < -0.39 is 5.91 Å². The van der Waals surface area contributed by atoms with E-state index in [1.165, 1.54) is 0 Å². The van der Waals surface area contributed by atoms with Gasteiger partial charge in [0.2, 0.25) is 5.91 Å². The van der Waals surface area contributed by atoms with Crippen LogP contribution in [0, 0.1) is 6.92 Å². The predicted octanol–water partition coefficient (Wildman–Crippen LogP) is 1.99. The van der Waals surface area contributed by atoms with Crippen molar-refractivity contribution in [2.75, 3.05) is 6.54 Å². The molecule has 1 aliphatic heterocycles. The Morgan fingerprint density at radius 1 is 1.21 bits per heavy atom. The lowest BCUT2D eigenvalue weighted by molar-refractivity contribution is 0.0583. The molecule has 0 bridgehead atoms. The molecule has 0 aliphatic carbocycles. The normalized spacial score (nSPS) is 17.7. The summed E-state index contributed by atoms with van der Waals surface area (Å²) in [4.78, 5) is 26.0. The standard InChI is InChI=1S/C18H22N4O2/c1-13-10-20-21(11-13)12-16-4-2-3-9-22(16)18(24)15-7-5-14(6-8-15)17(19)23/h5-8,10-11,16H,2-4,9,12H2,1H3,(H2,19,23)/t16-/m1/s1. The van der Waals surface area contributed by atoms with Gasteiger partial charge in [0.15, 0.2) is 0 Å². The number of benzene rings is 1. The summed E-state index contributed by atoms with van der Waals surface area (Å²) in [5, 5.41) is 4.33. The van der Waals surface area contributed by atoms with Gasteiger partial charge in [-0.15, -0.1) is 0 Å². The van der Waals surface area contributed by atoms with Crippen molar-refractivity contribution >= 4 is 11.8 Å². The molecule has 0 radical (unpaired) electrons. The van der Waals surface area contributed by atoms with Gasteiger partial charge in [-0.1, -0.05) is 0 Å². The highest BCUT2D eigenvalue weighted by molar-refractivity contribution is 5.97. The molecule has 2 amide bonds. The van der Waals surface area contributed by atoms with Crippen LogP contribution in [0.1, 0.15) is 45.5 Å². The molecule has 2 aromatic rings. The molecule has 0 unspecified atom stereocenters. The van der Waals surface area contributed by atoms with Gasteiger partial charge in [-0.25, -0.2) is 0 Å². The minimum atomic E-state index is -0.487. The Kier molecular flexibility index (Phi) is 4.64. The van der Waals surface area contributed by atoms with Gasteiger partial charge in [-0.2, -0.15) is 5.10 Å². The number of aromatic nitrogens is 2. The number of hydrogen-bond acceptors (Lipinski definition) is 3. The van der Waals surface area contributed by atoms with E-state index in [1.54, 1.807) is 24.3 Å². The summed E-state index contributed by atoms with van der Waals surface area (Å²) in [6, 6.07) is 6.69. The Balaban J connectivity index is 1.76. The minimum Gasteiger partial charge on any atom is -0.366 e. The van der Waals surface area contributed by atoms with E-state index >= 15 is 0 Å². The Morgan fingerprint density at radius 3 is 2.54 bits per heavy atom. The molecule has 1 aliphatic rings. The van der Waals surface area contributed by atoms with E-state index in [2.05, 4.69) is 5.10 Å². The van der Waals surface area contributed by atoms with Crippen molar-refractivity contribution in [1.82, 2.24) is 14.7 Å². The van der Waals surface area contributed by atoms with Crippen LogP contribution >= 0.6 is 0 Å². The molecule has 1 aromatic carbocycles. The topological polar surface area (TPSA) is 81.2 Å². The van der Waals surface area contributed by atoms with Crippen LogP contribution in [0.15, 0.2) is 36.7 Å². The molecule has 24 heavy (non-hydrogen) atoms. The maximum Gasteiger partial charge on any atom is 0.254 e. The maximum absolute atomic E-state index is 12.9. The Labute approximate surface area is 141 Å². The number of carbonyl (C=O) groups excluding carboxylic acids is 2. The van der Waals surface area contributed by atoms with Gasteiger partial charge in [0, 0.05) is 23.9 Å². The van der Waals surface area contributed by atoms with Crippen molar-refractivity contribution in [1.29, 1.82) is 0 Å². The second kappa shape index (κ2) is 6.86. The maximum atomic E-state index is 12.9. The van der Waals surface area contributed by atoms with Crippen LogP contribution in [0.25, 0.3) is 0 Å². The molecule has 2 heterocycles. The molecule has 1 atom stereocenters. The average Bonchev–Trinajstić information content (AvgIpc) is 3.00. The van der Waals surface area contributed by atoms with Crippen molar-refractivity contribution in [2.24, 2.45) is 5.73 Å². The van der Waals surface area contributed by atoms with Crippen molar-refractivity contribution in [3.8, 4) is 0 Å².